The minimum absolute atomic E-state index is 0.0463. The van der Waals surface area contributed by atoms with E-state index in [9.17, 15) is 35.5 Å². The van der Waals surface area contributed by atoms with Crippen molar-refractivity contribution < 1.29 is 35.5 Å². The summed E-state index contributed by atoms with van der Waals surface area (Å²) in [4.78, 5) is 11.2. The van der Waals surface area contributed by atoms with Crippen LogP contribution in [0.2, 0.25) is 5.02 Å². The zero-order valence-corrected chi connectivity index (χ0v) is 13.3. The average Bonchev–Trinajstić information content (AvgIpc) is 2.95. The predicted octanol–water partition coefficient (Wildman–Crippen LogP) is 4.36. The summed E-state index contributed by atoms with van der Waals surface area (Å²) in [7, 11) is 0. The Morgan fingerprint density at radius 3 is 2.31 bits per heavy atom. The Balaban J connectivity index is 2.13. The maximum atomic E-state index is 13.3. The van der Waals surface area contributed by atoms with Crippen LogP contribution in [0.4, 0.5) is 36.4 Å². The number of hydrogen-bond acceptors (Lipinski definition) is 2. The second-order valence-electron chi connectivity index (χ2n) is 5.12. The number of carbonyl (C=O) groups excluding carboxylic acids is 1. The van der Waals surface area contributed by atoms with Crippen LogP contribution in [-0.2, 0) is 11.3 Å². The van der Waals surface area contributed by atoms with Gasteiger partial charge in [-0.1, -0.05) is 29.8 Å². The van der Waals surface area contributed by atoms with Crippen LogP contribution in [-0.4, -0.2) is 33.7 Å². The van der Waals surface area contributed by atoms with Crippen LogP contribution in [0.5, 0.6) is 0 Å². The Morgan fingerprint density at radius 1 is 1.12 bits per heavy atom. The maximum absolute atomic E-state index is 13.3. The molecule has 1 N–H and O–H groups in total. The van der Waals surface area contributed by atoms with Crippen LogP contribution >= 0.6 is 11.6 Å². The highest BCUT2D eigenvalue weighted by atomic mass is 35.5. The number of rotatable bonds is 5. The molecule has 0 aliphatic heterocycles. The first-order chi connectivity index (χ1) is 11.9. The fourth-order valence-corrected chi connectivity index (χ4v) is 2.04. The summed E-state index contributed by atoms with van der Waals surface area (Å²) in [6.45, 7) is 0.0463. The fourth-order valence-electron chi connectivity index (χ4n) is 1.85. The molecule has 0 fully saturated rings. The summed E-state index contributed by atoms with van der Waals surface area (Å²) in [5, 5.41) is 5.35. The smallest absolute Gasteiger partial charge is 0.318 e. The third-order valence-electron chi connectivity index (χ3n) is 3.22. The second kappa shape index (κ2) is 6.78. The molecule has 0 spiro atoms. The lowest BCUT2D eigenvalue weighted by atomic mass is 10.1. The molecule has 0 saturated heterocycles. The van der Waals surface area contributed by atoms with Gasteiger partial charge in [0.1, 0.15) is 0 Å². The number of nitrogens with zero attached hydrogens (tertiary/aromatic N) is 2. The first-order valence-corrected chi connectivity index (χ1v) is 7.13. The van der Waals surface area contributed by atoms with Gasteiger partial charge in [0.2, 0.25) is 0 Å². The van der Waals surface area contributed by atoms with Gasteiger partial charge < -0.3 is 5.32 Å². The lowest BCUT2D eigenvalue weighted by Crippen LogP contribution is -2.57. The predicted molar refractivity (Wildman–Crippen MR) is 77.4 cm³/mol. The molecule has 0 atom stereocenters. The Hall–Kier alpha value is -2.30. The molecule has 1 amide bonds. The van der Waals surface area contributed by atoms with Crippen molar-refractivity contribution in [2.75, 3.05) is 5.32 Å². The second-order valence-corrected chi connectivity index (χ2v) is 5.53. The fraction of sp³-hybridized carbons (Fsp3) is 0.286. The molecule has 0 aliphatic rings. The zero-order chi connectivity index (χ0) is 19.8. The van der Waals surface area contributed by atoms with Crippen LogP contribution in [0.15, 0.2) is 36.7 Å². The van der Waals surface area contributed by atoms with Gasteiger partial charge in [0.25, 0.3) is 0 Å². The molecule has 1 aromatic carbocycles. The topological polar surface area (TPSA) is 46.9 Å². The van der Waals surface area contributed by atoms with E-state index in [1.165, 1.54) is 5.32 Å². The Bertz CT molecular complexity index is 804. The van der Waals surface area contributed by atoms with Gasteiger partial charge in [-0.25, -0.2) is 0 Å². The Kier molecular flexibility index (Phi) is 5.22. The quantitative estimate of drug-likeness (QED) is 0.754. The van der Waals surface area contributed by atoms with Crippen LogP contribution in [0.1, 0.15) is 5.56 Å². The monoisotopic (exact) mass is 403 g/mol. The Labute approximate surface area is 146 Å². The average molecular weight is 404 g/mol. The number of benzene rings is 1. The summed E-state index contributed by atoms with van der Waals surface area (Å²) >= 11 is 5.92. The van der Waals surface area contributed by atoms with E-state index in [0.717, 1.165) is 17.1 Å². The molecule has 0 radical (unpaired) electrons. The summed E-state index contributed by atoms with van der Waals surface area (Å²) in [6, 6.07) is 6.51. The van der Waals surface area contributed by atoms with E-state index in [2.05, 4.69) is 5.10 Å². The van der Waals surface area contributed by atoms with Gasteiger partial charge in [0, 0.05) is 11.2 Å². The highest BCUT2D eigenvalue weighted by Gasteiger charge is 2.76. The van der Waals surface area contributed by atoms with Crippen molar-refractivity contribution in [3.63, 3.8) is 0 Å². The number of aromatic nitrogens is 2. The minimum atomic E-state index is -6.60. The lowest BCUT2D eigenvalue weighted by Gasteiger charge is -2.26. The van der Waals surface area contributed by atoms with Crippen LogP contribution in [0, 0.1) is 0 Å². The van der Waals surface area contributed by atoms with Crippen LogP contribution in [0.3, 0.4) is 0 Å². The normalized spacial score (nSPS) is 12.9. The third kappa shape index (κ3) is 3.76. The molecule has 0 bridgehead atoms. The van der Waals surface area contributed by atoms with Crippen LogP contribution in [0.25, 0.3) is 0 Å². The summed E-state index contributed by atoms with van der Waals surface area (Å²) in [5.74, 6) is -15.3. The SMILES string of the molecule is O=C(Nc1cnn(Cc2ccccc2Cl)c1)C(F)(F)C(F)(F)C(F)(F)F. The van der Waals surface area contributed by atoms with E-state index in [-0.39, 0.29) is 6.54 Å². The lowest BCUT2D eigenvalue weighted by molar-refractivity contribution is -0.343. The van der Waals surface area contributed by atoms with Crippen molar-refractivity contribution in [1.29, 1.82) is 0 Å². The molecule has 0 aliphatic carbocycles. The molecule has 2 aromatic rings. The number of hydrogen-bond donors (Lipinski definition) is 1. The molecule has 26 heavy (non-hydrogen) atoms. The van der Waals surface area contributed by atoms with Gasteiger partial charge in [0.05, 0.1) is 18.4 Å². The molecule has 1 heterocycles. The molecule has 2 rings (SSSR count). The molecular formula is C14H9ClF7N3O. The van der Waals surface area contributed by atoms with Crippen LogP contribution < -0.4 is 5.32 Å². The van der Waals surface area contributed by atoms with Gasteiger partial charge in [-0.15, -0.1) is 0 Å². The van der Waals surface area contributed by atoms with Crippen molar-refractivity contribution >= 4 is 23.2 Å². The van der Waals surface area contributed by atoms with E-state index in [1.54, 1.807) is 24.3 Å². The summed E-state index contributed by atoms with van der Waals surface area (Å²) in [5.41, 5.74) is 0.0868. The summed E-state index contributed by atoms with van der Waals surface area (Å²) in [6.07, 6.45) is -4.80. The van der Waals surface area contributed by atoms with Gasteiger partial charge in [-0.3, -0.25) is 9.48 Å². The molecule has 0 saturated carbocycles. The highest BCUT2D eigenvalue weighted by molar-refractivity contribution is 6.31. The van der Waals surface area contributed by atoms with Crippen molar-refractivity contribution in [3.8, 4) is 0 Å². The van der Waals surface area contributed by atoms with E-state index in [1.807, 2.05) is 0 Å². The van der Waals surface area contributed by atoms with Crippen molar-refractivity contribution in [2.45, 2.75) is 24.6 Å². The number of halogens is 8. The molecule has 1 aromatic heterocycles. The van der Waals surface area contributed by atoms with Crippen molar-refractivity contribution in [1.82, 2.24) is 9.78 Å². The number of nitrogens with one attached hydrogen (secondary N) is 1. The molecule has 0 unspecified atom stereocenters. The van der Waals surface area contributed by atoms with E-state index < -0.39 is 29.6 Å². The summed E-state index contributed by atoms with van der Waals surface area (Å²) < 4.78 is 89.5. The highest BCUT2D eigenvalue weighted by Crippen LogP contribution is 2.46. The standard InChI is InChI=1S/C14H9ClF7N3O/c15-10-4-2-1-3-8(10)6-25-7-9(5-23-25)24-11(26)12(16,17)13(18,19)14(20,21)22/h1-5,7H,6H2,(H,24,26). The maximum Gasteiger partial charge on any atom is 0.460 e. The number of amides is 1. The number of alkyl halides is 7. The van der Waals surface area contributed by atoms with Crippen molar-refractivity contribution in [3.05, 3.63) is 47.2 Å². The molecule has 12 heteroatoms. The molecular weight excluding hydrogens is 395 g/mol. The van der Waals surface area contributed by atoms with E-state index >= 15 is 0 Å². The van der Waals surface area contributed by atoms with Gasteiger partial charge >= 0.3 is 23.9 Å². The van der Waals surface area contributed by atoms with Gasteiger partial charge in [-0.2, -0.15) is 35.8 Å². The number of carbonyl (C=O) groups is 1. The van der Waals surface area contributed by atoms with Gasteiger partial charge in [-0.05, 0) is 11.6 Å². The zero-order valence-electron chi connectivity index (χ0n) is 12.5. The first kappa shape index (κ1) is 20.0. The van der Waals surface area contributed by atoms with E-state index in [0.29, 0.717) is 10.6 Å². The largest absolute Gasteiger partial charge is 0.460 e. The van der Waals surface area contributed by atoms with Crippen molar-refractivity contribution in [2.24, 2.45) is 0 Å². The Morgan fingerprint density at radius 2 is 1.73 bits per heavy atom. The minimum Gasteiger partial charge on any atom is -0.318 e. The molecule has 4 nitrogen and oxygen atoms in total. The third-order valence-corrected chi connectivity index (χ3v) is 3.59. The molecule has 142 valence electrons. The first-order valence-electron chi connectivity index (χ1n) is 6.76. The van der Waals surface area contributed by atoms with Gasteiger partial charge in [0.15, 0.2) is 0 Å². The van der Waals surface area contributed by atoms with E-state index in [4.69, 9.17) is 11.6 Å². The number of anilines is 1.